The molecule has 1 fully saturated rings. The number of nitrogens with one attached hydrogen (secondary N) is 2. The lowest BCUT2D eigenvalue weighted by molar-refractivity contribution is -0.384. The minimum Gasteiger partial charge on any atom is -0.354 e. The molecule has 2 aromatic rings. The van der Waals surface area contributed by atoms with Crippen LogP contribution in [0, 0.1) is 10.1 Å². The zero-order chi connectivity index (χ0) is 18.2. The number of rotatable bonds is 6. The summed E-state index contributed by atoms with van der Waals surface area (Å²) in [7, 11) is 0. The Morgan fingerprint density at radius 3 is 2.56 bits per heavy atom. The maximum Gasteiger partial charge on any atom is 0.269 e. The average molecular weight is 481 g/mol. The van der Waals surface area contributed by atoms with E-state index >= 15 is 0 Å². The standard InChI is InChI=1S/C19H23N5O2.HI/c25-24(26)18-10-8-15(9-11-18)13-21-19(23-16-5-1-2-6-16)22-14-17-7-3-4-12-20-17;/h3-4,7-12,16H,1-2,5-6,13-14H2,(H2,21,22,23);1H. The zero-order valence-electron chi connectivity index (χ0n) is 15.0. The third-order valence-electron chi connectivity index (χ3n) is 4.43. The van der Waals surface area contributed by atoms with Crippen molar-refractivity contribution in [2.45, 2.75) is 44.8 Å². The molecule has 0 radical (unpaired) electrons. The van der Waals surface area contributed by atoms with Crippen molar-refractivity contribution < 1.29 is 4.92 Å². The molecular formula is C19H24IN5O2. The molecule has 1 aliphatic carbocycles. The van der Waals surface area contributed by atoms with Gasteiger partial charge in [-0.1, -0.05) is 31.0 Å². The third kappa shape index (κ3) is 6.78. The molecular weight excluding hydrogens is 457 g/mol. The number of nitrogens with zero attached hydrogens (tertiary/aromatic N) is 3. The second-order valence-electron chi connectivity index (χ2n) is 6.39. The van der Waals surface area contributed by atoms with Crippen LogP contribution < -0.4 is 10.6 Å². The Bertz CT molecular complexity index is 746. The van der Waals surface area contributed by atoms with Crippen LogP contribution in [0.1, 0.15) is 36.9 Å². The first-order valence-electron chi connectivity index (χ1n) is 8.89. The Morgan fingerprint density at radius 2 is 1.93 bits per heavy atom. The number of aliphatic imine (C=N–C) groups is 1. The number of aromatic nitrogens is 1. The van der Waals surface area contributed by atoms with Crippen LogP contribution in [0.15, 0.2) is 53.7 Å². The van der Waals surface area contributed by atoms with Crippen LogP contribution in [-0.4, -0.2) is 21.9 Å². The fourth-order valence-electron chi connectivity index (χ4n) is 2.99. The van der Waals surface area contributed by atoms with E-state index in [2.05, 4.69) is 20.6 Å². The second kappa shape index (κ2) is 10.8. The van der Waals surface area contributed by atoms with E-state index in [4.69, 9.17) is 0 Å². The molecule has 0 saturated heterocycles. The fraction of sp³-hybridized carbons (Fsp3) is 0.368. The Morgan fingerprint density at radius 1 is 1.19 bits per heavy atom. The maximum atomic E-state index is 10.7. The summed E-state index contributed by atoms with van der Waals surface area (Å²) in [4.78, 5) is 19.3. The predicted octanol–water partition coefficient (Wildman–Crippen LogP) is 3.79. The fourth-order valence-corrected chi connectivity index (χ4v) is 2.99. The van der Waals surface area contributed by atoms with Crippen molar-refractivity contribution >= 4 is 35.6 Å². The van der Waals surface area contributed by atoms with Gasteiger partial charge in [0, 0.05) is 24.4 Å². The minimum atomic E-state index is -0.394. The van der Waals surface area contributed by atoms with Gasteiger partial charge in [0.15, 0.2) is 5.96 Å². The molecule has 8 heteroatoms. The summed E-state index contributed by atoms with van der Waals surface area (Å²) >= 11 is 0. The summed E-state index contributed by atoms with van der Waals surface area (Å²) in [6.45, 7) is 1.06. The van der Waals surface area contributed by atoms with E-state index in [-0.39, 0.29) is 29.7 Å². The normalized spacial score (nSPS) is 14.4. The van der Waals surface area contributed by atoms with Crippen molar-refractivity contribution in [3.8, 4) is 0 Å². The number of nitro benzene ring substituents is 1. The van der Waals surface area contributed by atoms with Crippen LogP contribution in [0.5, 0.6) is 0 Å². The molecule has 1 aromatic carbocycles. The van der Waals surface area contributed by atoms with E-state index in [1.54, 1.807) is 18.3 Å². The van der Waals surface area contributed by atoms with Crippen molar-refractivity contribution in [2.24, 2.45) is 4.99 Å². The zero-order valence-corrected chi connectivity index (χ0v) is 17.3. The highest BCUT2D eigenvalue weighted by atomic mass is 127. The highest BCUT2D eigenvalue weighted by Crippen LogP contribution is 2.17. The predicted molar refractivity (Wildman–Crippen MR) is 116 cm³/mol. The first-order valence-corrected chi connectivity index (χ1v) is 8.89. The van der Waals surface area contributed by atoms with E-state index in [1.807, 2.05) is 18.2 Å². The SMILES string of the molecule is I.O=[N+]([O-])c1ccc(CN=C(NCc2ccccn2)NC2CCCC2)cc1. The molecule has 2 N–H and O–H groups in total. The number of guanidine groups is 1. The number of hydrogen-bond acceptors (Lipinski definition) is 4. The topological polar surface area (TPSA) is 92.5 Å². The summed E-state index contributed by atoms with van der Waals surface area (Å²) in [5.74, 6) is 0.751. The van der Waals surface area contributed by atoms with Crippen LogP contribution in [0.25, 0.3) is 0 Å². The van der Waals surface area contributed by atoms with Gasteiger partial charge in [-0.3, -0.25) is 15.1 Å². The Labute approximate surface area is 175 Å². The van der Waals surface area contributed by atoms with Gasteiger partial charge in [-0.2, -0.15) is 0 Å². The van der Waals surface area contributed by atoms with E-state index in [0.717, 1.165) is 30.1 Å². The number of nitro groups is 1. The molecule has 1 heterocycles. The van der Waals surface area contributed by atoms with Crippen molar-refractivity contribution in [2.75, 3.05) is 0 Å². The van der Waals surface area contributed by atoms with Gasteiger partial charge in [-0.15, -0.1) is 24.0 Å². The summed E-state index contributed by atoms with van der Waals surface area (Å²) in [5, 5.41) is 17.6. The van der Waals surface area contributed by atoms with Crippen molar-refractivity contribution in [3.63, 3.8) is 0 Å². The smallest absolute Gasteiger partial charge is 0.269 e. The highest BCUT2D eigenvalue weighted by Gasteiger charge is 2.16. The second-order valence-corrected chi connectivity index (χ2v) is 6.39. The highest BCUT2D eigenvalue weighted by molar-refractivity contribution is 14.0. The van der Waals surface area contributed by atoms with E-state index < -0.39 is 4.92 Å². The van der Waals surface area contributed by atoms with Crippen molar-refractivity contribution in [1.82, 2.24) is 15.6 Å². The summed E-state index contributed by atoms with van der Waals surface area (Å²) in [6.07, 6.45) is 6.57. The molecule has 27 heavy (non-hydrogen) atoms. The van der Waals surface area contributed by atoms with Crippen LogP contribution >= 0.6 is 24.0 Å². The number of benzene rings is 1. The van der Waals surface area contributed by atoms with Gasteiger partial charge in [-0.05, 0) is 30.5 Å². The molecule has 3 rings (SSSR count). The quantitative estimate of drug-likeness (QED) is 0.215. The number of non-ortho nitro benzene ring substituents is 1. The number of hydrogen-bond donors (Lipinski definition) is 2. The Hall–Kier alpha value is -2.23. The van der Waals surface area contributed by atoms with E-state index in [9.17, 15) is 10.1 Å². The van der Waals surface area contributed by atoms with Crippen LogP contribution in [0.4, 0.5) is 5.69 Å². The molecule has 0 spiro atoms. The third-order valence-corrected chi connectivity index (χ3v) is 4.43. The lowest BCUT2D eigenvalue weighted by atomic mass is 10.2. The first kappa shape index (κ1) is 21.1. The van der Waals surface area contributed by atoms with Gasteiger partial charge in [0.1, 0.15) is 0 Å². The molecule has 0 atom stereocenters. The van der Waals surface area contributed by atoms with Gasteiger partial charge in [0.25, 0.3) is 5.69 Å². The Balaban J connectivity index is 0.00000261. The number of pyridine rings is 1. The van der Waals surface area contributed by atoms with Gasteiger partial charge in [-0.25, -0.2) is 4.99 Å². The molecule has 1 aliphatic rings. The monoisotopic (exact) mass is 481 g/mol. The summed E-state index contributed by atoms with van der Waals surface area (Å²) in [6, 6.07) is 12.8. The first-order chi connectivity index (χ1) is 12.7. The molecule has 0 unspecified atom stereocenters. The molecule has 1 saturated carbocycles. The van der Waals surface area contributed by atoms with E-state index in [1.165, 1.54) is 25.0 Å². The minimum absolute atomic E-state index is 0. The van der Waals surface area contributed by atoms with Gasteiger partial charge < -0.3 is 10.6 Å². The molecule has 144 valence electrons. The lowest BCUT2D eigenvalue weighted by Gasteiger charge is -2.17. The van der Waals surface area contributed by atoms with Gasteiger partial charge in [0.05, 0.1) is 23.7 Å². The summed E-state index contributed by atoms with van der Waals surface area (Å²) in [5.41, 5.74) is 1.97. The van der Waals surface area contributed by atoms with Crippen molar-refractivity contribution in [3.05, 3.63) is 70.0 Å². The van der Waals surface area contributed by atoms with Crippen LogP contribution in [-0.2, 0) is 13.1 Å². The van der Waals surface area contributed by atoms with Crippen LogP contribution in [0.2, 0.25) is 0 Å². The Kier molecular flexibility index (Phi) is 8.43. The van der Waals surface area contributed by atoms with Gasteiger partial charge >= 0.3 is 0 Å². The molecule has 0 amide bonds. The molecule has 1 aromatic heterocycles. The van der Waals surface area contributed by atoms with E-state index in [0.29, 0.717) is 19.1 Å². The molecule has 0 bridgehead atoms. The lowest BCUT2D eigenvalue weighted by Crippen LogP contribution is -2.42. The number of halogens is 1. The maximum absolute atomic E-state index is 10.7. The van der Waals surface area contributed by atoms with Gasteiger partial charge in [0.2, 0.25) is 0 Å². The largest absolute Gasteiger partial charge is 0.354 e. The molecule has 7 nitrogen and oxygen atoms in total. The summed E-state index contributed by atoms with van der Waals surface area (Å²) < 4.78 is 0. The van der Waals surface area contributed by atoms with Crippen LogP contribution in [0.3, 0.4) is 0 Å². The van der Waals surface area contributed by atoms with Crippen molar-refractivity contribution in [1.29, 1.82) is 0 Å². The molecule has 0 aliphatic heterocycles. The average Bonchev–Trinajstić information content (AvgIpc) is 3.18.